The van der Waals surface area contributed by atoms with Crippen molar-refractivity contribution in [1.82, 2.24) is 9.88 Å². The van der Waals surface area contributed by atoms with E-state index in [1.807, 2.05) is 6.92 Å². The van der Waals surface area contributed by atoms with Crippen LogP contribution in [0.15, 0.2) is 47.4 Å². The van der Waals surface area contributed by atoms with Crippen molar-refractivity contribution in [2.75, 3.05) is 6.61 Å². The number of amides is 1. The fourth-order valence-electron chi connectivity index (χ4n) is 2.44. The molecule has 8 heteroatoms. The van der Waals surface area contributed by atoms with E-state index in [2.05, 4.69) is 5.32 Å². The number of carboxylic acid groups (broad SMARTS) is 1. The Labute approximate surface area is 161 Å². The SMILES string of the molecule is CCCC(NC(=O)c1ccc(=O)n(CCOc2ccccc2Cl)c1)C(=O)O. The molecule has 0 aliphatic heterocycles. The molecule has 1 aromatic heterocycles. The second-order valence-electron chi connectivity index (χ2n) is 5.88. The number of nitrogens with zero attached hydrogens (tertiary/aromatic N) is 1. The number of pyridine rings is 1. The number of hydrogen-bond donors (Lipinski definition) is 2. The van der Waals surface area contributed by atoms with Gasteiger partial charge in [0.25, 0.3) is 11.5 Å². The smallest absolute Gasteiger partial charge is 0.326 e. The third-order valence-electron chi connectivity index (χ3n) is 3.85. The summed E-state index contributed by atoms with van der Waals surface area (Å²) in [4.78, 5) is 35.5. The second-order valence-corrected chi connectivity index (χ2v) is 6.29. The molecule has 1 amide bonds. The number of para-hydroxylation sites is 1. The van der Waals surface area contributed by atoms with E-state index in [1.165, 1.54) is 22.9 Å². The Balaban J connectivity index is 2.04. The van der Waals surface area contributed by atoms with E-state index in [0.717, 1.165) is 0 Å². The highest BCUT2D eigenvalue weighted by Gasteiger charge is 2.20. The maximum Gasteiger partial charge on any atom is 0.326 e. The average molecular weight is 393 g/mol. The lowest BCUT2D eigenvalue weighted by Crippen LogP contribution is -2.41. The van der Waals surface area contributed by atoms with E-state index >= 15 is 0 Å². The van der Waals surface area contributed by atoms with Gasteiger partial charge in [0, 0.05) is 12.3 Å². The predicted octanol–water partition coefficient (Wildman–Crippen LogP) is 2.56. The van der Waals surface area contributed by atoms with Gasteiger partial charge in [-0.15, -0.1) is 0 Å². The topological polar surface area (TPSA) is 97.6 Å². The van der Waals surface area contributed by atoms with E-state index in [-0.39, 0.29) is 24.3 Å². The van der Waals surface area contributed by atoms with Crippen molar-refractivity contribution in [2.24, 2.45) is 0 Å². The number of rotatable bonds is 9. The van der Waals surface area contributed by atoms with Gasteiger partial charge in [0.15, 0.2) is 0 Å². The standard InChI is InChI=1S/C19H21ClN2O5/c1-2-5-15(19(25)26)21-18(24)13-8-9-17(23)22(12-13)10-11-27-16-7-4-3-6-14(16)20/h3-4,6-9,12,15H,2,5,10-11H2,1H3,(H,21,24)(H,25,26). The fraction of sp³-hybridized carbons (Fsp3) is 0.316. The lowest BCUT2D eigenvalue weighted by atomic mass is 10.1. The Bertz CT molecular complexity index is 865. The number of halogens is 1. The van der Waals surface area contributed by atoms with Crippen LogP contribution in [0.1, 0.15) is 30.1 Å². The van der Waals surface area contributed by atoms with Crippen molar-refractivity contribution in [3.05, 3.63) is 63.5 Å². The van der Waals surface area contributed by atoms with Crippen LogP contribution in [-0.2, 0) is 11.3 Å². The zero-order valence-electron chi connectivity index (χ0n) is 14.9. The van der Waals surface area contributed by atoms with Crippen LogP contribution in [0.5, 0.6) is 5.75 Å². The van der Waals surface area contributed by atoms with Gasteiger partial charge in [-0.1, -0.05) is 37.1 Å². The summed E-state index contributed by atoms with van der Waals surface area (Å²) in [7, 11) is 0. The number of carbonyl (C=O) groups is 2. The van der Waals surface area contributed by atoms with Crippen LogP contribution in [-0.4, -0.2) is 34.2 Å². The summed E-state index contributed by atoms with van der Waals surface area (Å²) in [5.41, 5.74) is -0.0904. The van der Waals surface area contributed by atoms with Gasteiger partial charge in [0.1, 0.15) is 18.4 Å². The number of hydrogen-bond acceptors (Lipinski definition) is 4. The highest BCUT2D eigenvalue weighted by Crippen LogP contribution is 2.22. The van der Waals surface area contributed by atoms with E-state index in [4.69, 9.17) is 21.4 Å². The molecule has 0 spiro atoms. The van der Waals surface area contributed by atoms with Crippen molar-refractivity contribution in [3.8, 4) is 5.75 Å². The first kappa shape index (κ1) is 20.5. The molecule has 0 aliphatic carbocycles. The molecule has 2 rings (SSSR count). The van der Waals surface area contributed by atoms with Crippen LogP contribution in [0.4, 0.5) is 0 Å². The highest BCUT2D eigenvalue weighted by atomic mass is 35.5. The third kappa shape index (κ3) is 5.86. The molecule has 2 N–H and O–H groups in total. The van der Waals surface area contributed by atoms with Gasteiger partial charge in [-0.2, -0.15) is 0 Å². The second kappa shape index (κ2) is 9.78. The van der Waals surface area contributed by atoms with Crippen LogP contribution in [0.25, 0.3) is 0 Å². The molecule has 0 bridgehead atoms. The molecule has 144 valence electrons. The van der Waals surface area contributed by atoms with Crippen LogP contribution in [0, 0.1) is 0 Å². The highest BCUT2D eigenvalue weighted by molar-refractivity contribution is 6.32. The van der Waals surface area contributed by atoms with Crippen LogP contribution in [0.2, 0.25) is 5.02 Å². The summed E-state index contributed by atoms with van der Waals surface area (Å²) in [6.07, 6.45) is 2.33. The molecule has 0 fully saturated rings. The Morgan fingerprint density at radius 1 is 1.26 bits per heavy atom. The summed E-state index contributed by atoms with van der Waals surface area (Å²) in [6, 6.07) is 8.65. The number of aromatic nitrogens is 1. The minimum absolute atomic E-state index is 0.183. The quantitative estimate of drug-likeness (QED) is 0.683. The van der Waals surface area contributed by atoms with Crippen LogP contribution in [0.3, 0.4) is 0 Å². The minimum Gasteiger partial charge on any atom is -0.490 e. The van der Waals surface area contributed by atoms with E-state index in [9.17, 15) is 14.4 Å². The van der Waals surface area contributed by atoms with Crippen molar-refractivity contribution >= 4 is 23.5 Å². The fourth-order valence-corrected chi connectivity index (χ4v) is 2.63. The molecule has 1 unspecified atom stereocenters. The van der Waals surface area contributed by atoms with Crippen molar-refractivity contribution in [3.63, 3.8) is 0 Å². The number of benzene rings is 1. The summed E-state index contributed by atoms with van der Waals surface area (Å²) >= 11 is 6.01. The number of ether oxygens (including phenoxy) is 1. The van der Waals surface area contributed by atoms with E-state index in [0.29, 0.717) is 23.6 Å². The Hall–Kier alpha value is -2.80. The van der Waals surface area contributed by atoms with Crippen molar-refractivity contribution in [1.29, 1.82) is 0 Å². The minimum atomic E-state index is -1.09. The zero-order valence-corrected chi connectivity index (χ0v) is 15.6. The van der Waals surface area contributed by atoms with E-state index in [1.54, 1.807) is 24.3 Å². The number of nitrogens with one attached hydrogen (secondary N) is 1. The maximum atomic E-state index is 12.3. The van der Waals surface area contributed by atoms with Gasteiger partial charge in [-0.3, -0.25) is 9.59 Å². The maximum absolute atomic E-state index is 12.3. The molecule has 1 heterocycles. The Kier molecular flexibility index (Phi) is 7.43. The Morgan fingerprint density at radius 3 is 2.67 bits per heavy atom. The summed E-state index contributed by atoms with van der Waals surface area (Å²) in [5.74, 6) is -1.13. The summed E-state index contributed by atoms with van der Waals surface area (Å²) in [5, 5.41) is 12.1. The molecule has 7 nitrogen and oxygen atoms in total. The lowest BCUT2D eigenvalue weighted by molar-refractivity contribution is -0.139. The van der Waals surface area contributed by atoms with Gasteiger partial charge in [-0.05, 0) is 24.6 Å². The first-order valence-electron chi connectivity index (χ1n) is 8.54. The zero-order chi connectivity index (χ0) is 19.8. The van der Waals surface area contributed by atoms with Gasteiger partial charge in [-0.25, -0.2) is 4.79 Å². The number of carbonyl (C=O) groups excluding carboxylic acids is 1. The van der Waals surface area contributed by atoms with Crippen LogP contribution >= 0.6 is 11.6 Å². The van der Waals surface area contributed by atoms with Gasteiger partial charge >= 0.3 is 5.97 Å². The Morgan fingerprint density at radius 2 is 2.00 bits per heavy atom. The number of carboxylic acids is 1. The van der Waals surface area contributed by atoms with E-state index < -0.39 is 17.9 Å². The molecule has 2 aromatic rings. The molecule has 27 heavy (non-hydrogen) atoms. The molecule has 0 aliphatic rings. The normalized spacial score (nSPS) is 11.6. The van der Waals surface area contributed by atoms with Gasteiger partial charge in [0.2, 0.25) is 0 Å². The molecule has 1 atom stereocenters. The largest absolute Gasteiger partial charge is 0.490 e. The average Bonchev–Trinajstić information content (AvgIpc) is 2.64. The summed E-state index contributed by atoms with van der Waals surface area (Å²) < 4.78 is 6.89. The number of aliphatic carboxylic acids is 1. The summed E-state index contributed by atoms with van der Waals surface area (Å²) in [6.45, 7) is 2.23. The van der Waals surface area contributed by atoms with Gasteiger partial charge < -0.3 is 19.7 Å². The monoisotopic (exact) mass is 392 g/mol. The first-order chi connectivity index (χ1) is 12.9. The van der Waals surface area contributed by atoms with Crippen molar-refractivity contribution < 1.29 is 19.4 Å². The molecular formula is C19H21ClN2O5. The van der Waals surface area contributed by atoms with Crippen molar-refractivity contribution in [2.45, 2.75) is 32.4 Å². The molecule has 1 aromatic carbocycles. The molecule has 0 radical (unpaired) electrons. The third-order valence-corrected chi connectivity index (χ3v) is 4.17. The molecule has 0 saturated heterocycles. The first-order valence-corrected chi connectivity index (χ1v) is 8.91. The van der Waals surface area contributed by atoms with Gasteiger partial charge in [0.05, 0.1) is 17.1 Å². The molecule has 0 saturated carbocycles. The predicted molar refractivity (Wildman–Crippen MR) is 101 cm³/mol. The molecular weight excluding hydrogens is 372 g/mol. The lowest BCUT2D eigenvalue weighted by Gasteiger charge is -2.14. The van der Waals surface area contributed by atoms with Crippen LogP contribution < -0.4 is 15.6 Å².